The van der Waals surface area contributed by atoms with Crippen molar-refractivity contribution in [1.82, 2.24) is 4.90 Å². The van der Waals surface area contributed by atoms with Crippen molar-refractivity contribution in [2.24, 2.45) is 5.73 Å². The third kappa shape index (κ3) is 28.1. The van der Waals surface area contributed by atoms with Gasteiger partial charge in [-0.2, -0.15) is 0 Å². The Morgan fingerprint density at radius 2 is 0.970 bits per heavy atom. The fourth-order valence-corrected chi connectivity index (χ4v) is 3.68. The van der Waals surface area contributed by atoms with Gasteiger partial charge in [-0.1, -0.05) is 110 Å². The molecule has 194 valence electrons. The zero-order valence-corrected chi connectivity index (χ0v) is 21.4. The molecule has 1 unspecified atom stereocenters. The zero-order valence-electron chi connectivity index (χ0n) is 21.4. The van der Waals surface area contributed by atoms with Crippen LogP contribution < -0.4 is 5.73 Å². The molecule has 0 aliphatic heterocycles. The van der Waals surface area contributed by atoms with Crippen LogP contribution in [0.15, 0.2) is 12.2 Å². The number of nitrogens with two attached hydrogens (primary N) is 1. The second-order valence-corrected chi connectivity index (χ2v) is 8.98. The van der Waals surface area contributed by atoms with Gasteiger partial charge in [0, 0.05) is 12.2 Å². The Balaban J connectivity index is 0. The second kappa shape index (κ2) is 24.7. The first-order chi connectivity index (χ1) is 15.7. The molecule has 0 aromatic rings. The maximum Gasteiger partial charge on any atom is 0.328 e. The van der Waals surface area contributed by atoms with E-state index >= 15 is 0 Å². The Kier molecular flexibility index (Phi) is 25.0. The summed E-state index contributed by atoms with van der Waals surface area (Å²) in [5.41, 5.74) is 5.42. The smallest absolute Gasteiger partial charge is 0.328 e. The average molecular weight is 471 g/mol. The Hall–Kier alpha value is -1.89. The normalized spacial score (nSPS) is 11.9. The summed E-state index contributed by atoms with van der Waals surface area (Å²) >= 11 is 0. The van der Waals surface area contributed by atoms with Crippen LogP contribution in [0, 0.1) is 0 Å². The molecule has 0 fully saturated rings. The molecule has 0 aliphatic carbocycles. The average Bonchev–Trinajstić information content (AvgIpc) is 2.74. The van der Waals surface area contributed by atoms with Gasteiger partial charge in [0.05, 0.1) is 6.04 Å². The first-order valence-electron chi connectivity index (χ1n) is 12.8. The van der Waals surface area contributed by atoms with Crippen molar-refractivity contribution >= 4 is 17.8 Å². The minimum atomic E-state index is -1.26. The number of amides is 1. The second-order valence-electron chi connectivity index (χ2n) is 8.98. The minimum absolute atomic E-state index is 0.0911. The predicted molar refractivity (Wildman–Crippen MR) is 135 cm³/mol. The number of primary amides is 1. The maximum atomic E-state index is 11.3. The predicted octanol–water partition coefficient (Wildman–Crippen LogP) is 5.77. The molecule has 7 heteroatoms. The van der Waals surface area contributed by atoms with E-state index in [1.807, 2.05) is 19.0 Å². The standard InChI is InChI=1S/C22H46N2O.C4H4O4/c1-4-5-6-7-8-9-10-11-12-13-14-15-16-17-18-19-20-21(22(23)25)24(2)3;5-3(6)1-2-4(7)8/h21H,4-20H2,1-3H3,(H2,23,25);1-2H,(H,5,6)(H,7,8)/b;2-1-. The van der Waals surface area contributed by atoms with Crippen molar-refractivity contribution in [1.29, 1.82) is 0 Å². The molecule has 1 amide bonds. The lowest BCUT2D eigenvalue weighted by molar-refractivity contribution is -0.134. The van der Waals surface area contributed by atoms with Crippen LogP contribution in [0.5, 0.6) is 0 Å². The lowest BCUT2D eigenvalue weighted by atomic mass is 10.0. The monoisotopic (exact) mass is 470 g/mol. The maximum absolute atomic E-state index is 11.3. The van der Waals surface area contributed by atoms with E-state index in [4.69, 9.17) is 15.9 Å². The summed E-state index contributed by atoms with van der Waals surface area (Å²) in [7, 11) is 3.86. The SMILES string of the molecule is CCCCCCCCCCCCCCCCCCC(C(N)=O)N(C)C.O=C(O)/C=C\C(=O)O. The number of carbonyl (C=O) groups excluding carboxylic acids is 1. The van der Waals surface area contributed by atoms with Crippen LogP contribution in [0.4, 0.5) is 0 Å². The molecule has 1 atom stereocenters. The van der Waals surface area contributed by atoms with Gasteiger partial charge < -0.3 is 15.9 Å². The molecule has 33 heavy (non-hydrogen) atoms. The number of unbranched alkanes of at least 4 members (excludes halogenated alkanes) is 15. The number of likely N-dealkylation sites (N-methyl/N-ethyl adjacent to an activating group) is 1. The number of rotatable bonds is 21. The molecule has 0 radical (unpaired) electrons. The van der Waals surface area contributed by atoms with Crippen LogP contribution in [-0.4, -0.2) is 53.1 Å². The van der Waals surface area contributed by atoms with Crippen LogP contribution in [0.2, 0.25) is 0 Å². The summed E-state index contributed by atoms with van der Waals surface area (Å²) in [6.07, 6.45) is 24.1. The van der Waals surface area contributed by atoms with E-state index in [0.29, 0.717) is 12.2 Å². The summed E-state index contributed by atoms with van der Waals surface area (Å²) in [4.78, 5) is 32.4. The number of hydrogen-bond acceptors (Lipinski definition) is 4. The lowest BCUT2D eigenvalue weighted by Gasteiger charge is -2.20. The van der Waals surface area contributed by atoms with Crippen molar-refractivity contribution in [3.63, 3.8) is 0 Å². The van der Waals surface area contributed by atoms with E-state index in [1.54, 1.807) is 0 Å². The molecule has 4 N–H and O–H groups in total. The third-order valence-electron chi connectivity index (χ3n) is 5.65. The van der Waals surface area contributed by atoms with E-state index in [0.717, 1.165) is 12.8 Å². The van der Waals surface area contributed by atoms with Gasteiger partial charge in [0.2, 0.25) is 5.91 Å². The number of carbonyl (C=O) groups is 3. The molecule has 0 aromatic carbocycles. The fraction of sp³-hybridized carbons (Fsp3) is 0.808. The van der Waals surface area contributed by atoms with Crippen molar-refractivity contribution in [3.8, 4) is 0 Å². The van der Waals surface area contributed by atoms with Crippen LogP contribution >= 0.6 is 0 Å². The van der Waals surface area contributed by atoms with Gasteiger partial charge in [0.25, 0.3) is 0 Å². The van der Waals surface area contributed by atoms with Gasteiger partial charge >= 0.3 is 11.9 Å². The molecule has 0 saturated heterocycles. The van der Waals surface area contributed by atoms with E-state index < -0.39 is 11.9 Å². The fourth-order valence-electron chi connectivity index (χ4n) is 3.68. The van der Waals surface area contributed by atoms with Crippen molar-refractivity contribution < 1.29 is 24.6 Å². The number of carboxylic acids is 2. The molecule has 0 aliphatic rings. The van der Waals surface area contributed by atoms with E-state index in [-0.39, 0.29) is 11.9 Å². The molecule has 7 nitrogen and oxygen atoms in total. The summed E-state index contributed by atoms with van der Waals surface area (Å²) in [5, 5.41) is 15.6. The Morgan fingerprint density at radius 1 is 0.667 bits per heavy atom. The molecule has 0 rings (SSSR count). The van der Waals surface area contributed by atoms with E-state index in [9.17, 15) is 14.4 Å². The largest absolute Gasteiger partial charge is 0.478 e. The highest BCUT2D eigenvalue weighted by Crippen LogP contribution is 2.14. The van der Waals surface area contributed by atoms with Crippen molar-refractivity contribution in [3.05, 3.63) is 12.2 Å². The van der Waals surface area contributed by atoms with Crippen LogP contribution in [0.1, 0.15) is 116 Å². The molecular formula is C26H50N2O5. The number of carboxylic acid groups (broad SMARTS) is 2. The Bertz CT molecular complexity index is 505. The molecular weight excluding hydrogens is 420 g/mol. The van der Waals surface area contributed by atoms with Crippen molar-refractivity contribution in [2.45, 2.75) is 122 Å². The molecule has 0 spiro atoms. The quantitative estimate of drug-likeness (QED) is 0.145. The highest BCUT2D eigenvalue weighted by atomic mass is 16.4. The Labute approximate surface area is 201 Å². The van der Waals surface area contributed by atoms with E-state index in [2.05, 4.69) is 6.92 Å². The highest BCUT2D eigenvalue weighted by Gasteiger charge is 2.16. The molecule has 0 aromatic heterocycles. The number of hydrogen-bond donors (Lipinski definition) is 3. The minimum Gasteiger partial charge on any atom is -0.478 e. The van der Waals surface area contributed by atoms with Gasteiger partial charge in [0.1, 0.15) is 0 Å². The third-order valence-corrected chi connectivity index (χ3v) is 5.65. The topological polar surface area (TPSA) is 121 Å². The van der Waals surface area contributed by atoms with E-state index in [1.165, 1.54) is 96.3 Å². The number of aliphatic carboxylic acids is 2. The van der Waals surface area contributed by atoms with Gasteiger partial charge in [-0.3, -0.25) is 9.69 Å². The van der Waals surface area contributed by atoms with Gasteiger partial charge in [-0.25, -0.2) is 9.59 Å². The summed E-state index contributed by atoms with van der Waals surface area (Å²) in [6, 6.07) is -0.0911. The lowest BCUT2D eigenvalue weighted by Crippen LogP contribution is -2.40. The van der Waals surface area contributed by atoms with Gasteiger partial charge in [-0.15, -0.1) is 0 Å². The van der Waals surface area contributed by atoms with Crippen LogP contribution in [-0.2, 0) is 14.4 Å². The molecule has 0 heterocycles. The summed E-state index contributed by atoms with van der Waals surface area (Å²) < 4.78 is 0. The van der Waals surface area contributed by atoms with Crippen molar-refractivity contribution in [2.75, 3.05) is 14.1 Å². The first kappa shape index (κ1) is 33.3. The molecule has 0 saturated carbocycles. The number of nitrogens with zero attached hydrogens (tertiary/aromatic N) is 1. The summed E-state index contributed by atoms with van der Waals surface area (Å²) in [6.45, 7) is 2.28. The van der Waals surface area contributed by atoms with Crippen LogP contribution in [0.25, 0.3) is 0 Å². The summed E-state index contributed by atoms with van der Waals surface area (Å²) in [5.74, 6) is -2.70. The molecule has 0 bridgehead atoms. The zero-order chi connectivity index (χ0) is 25.3. The first-order valence-corrected chi connectivity index (χ1v) is 12.8. The van der Waals surface area contributed by atoms with Gasteiger partial charge in [0.15, 0.2) is 0 Å². The highest BCUT2D eigenvalue weighted by molar-refractivity contribution is 5.89. The van der Waals surface area contributed by atoms with Crippen LogP contribution in [0.3, 0.4) is 0 Å². The van der Waals surface area contributed by atoms with Gasteiger partial charge in [-0.05, 0) is 20.5 Å². The Morgan fingerprint density at radius 3 is 1.21 bits per heavy atom.